The van der Waals surface area contributed by atoms with Crippen LogP contribution in [0.25, 0.3) is 43.9 Å². The Labute approximate surface area is 384 Å². The number of ether oxygens (including phenoxy) is 3. The van der Waals surface area contributed by atoms with Crippen molar-refractivity contribution >= 4 is 56.9 Å². The maximum Gasteiger partial charge on any atom is 0.408 e. The van der Waals surface area contributed by atoms with E-state index in [-0.39, 0.29) is 26.1 Å². The second-order valence-electron chi connectivity index (χ2n) is 15.6. The van der Waals surface area contributed by atoms with Gasteiger partial charge in [-0.05, 0) is 88.0 Å². The van der Waals surface area contributed by atoms with Gasteiger partial charge in [0.05, 0.1) is 0 Å². The number of furan rings is 1. The Morgan fingerprint density at radius 3 is 1.76 bits per heavy atom. The third kappa shape index (κ3) is 11.9. The summed E-state index contributed by atoms with van der Waals surface area (Å²) in [7, 11) is 0. The molecule has 2 unspecified atom stereocenters. The van der Waals surface area contributed by atoms with Gasteiger partial charge in [0, 0.05) is 52.4 Å². The van der Waals surface area contributed by atoms with E-state index in [1.165, 1.54) is 0 Å². The summed E-state index contributed by atoms with van der Waals surface area (Å²) in [6, 6.07) is 47.2. The van der Waals surface area contributed by atoms with Crippen LogP contribution in [0.3, 0.4) is 0 Å². The van der Waals surface area contributed by atoms with E-state index in [1.807, 2.05) is 152 Å². The Bertz CT molecular complexity index is 3110. The van der Waals surface area contributed by atoms with Gasteiger partial charge in [0.25, 0.3) is 0 Å². The van der Waals surface area contributed by atoms with E-state index in [1.54, 1.807) is 12.1 Å². The number of nitrogens with one attached hydrogen (secondary N) is 4. The lowest BCUT2D eigenvalue weighted by atomic mass is 10.0. The summed E-state index contributed by atoms with van der Waals surface area (Å²) in [6.45, 7) is 0.346. The summed E-state index contributed by atoms with van der Waals surface area (Å²) < 4.78 is 22.1. The molecule has 0 saturated carbocycles. The number of carbonyl (C=O) groups is 4. The highest BCUT2D eigenvalue weighted by Gasteiger charge is 2.23. The summed E-state index contributed by atoms with van der Waals surface area (Å²) in [5, 5.41) is 26.8. The fraction of sp³-hybridized carbons (Fsp3) is 0.132. The van der Waals surface area contributed by atoms with Gasteiger partial charge in [-0.2, -0.15) is 0 Å². The summed E-state index contributed by atoms with van der Waals surface area (Å²) in [6.07, 6.45) is 2.56. The lowest BCUT2D eigenvalue weighted by Crippen LogP contribution is -2.42. The van der Waals surface area contributed by atoms with Crippen LogP contribution in [0.4, 0.5) is 9.59 Å². The molecule has 0 radical (unpaired) electrons. The summed E-state index contributed by atoms with van der Waals surface area (Å²) >= 11 is 0. The maximum absolute atomic E-state index is 12.2. The molecule has 3 heterocycles. The number of carbonyl (C=O) groups excluding carboxylic acids is 2. The minimum absolute atomic E-state index is 0.0203. The number of alkyl carbamates (subject to hydrolysis) is 2. The number of H-pyrrole nitrogens is 2. The van der Waals surface area contributed by atoms with E-state index in [4.69, 9.17) is 18.6 Å². The Kier molecular flexibility index (Phi) is 14.2. The first-order chi connectivity index (χ1) is 32.6. The summed E-state index contributed by atoms with van der Waals surface area (Å²) in [5.41, 5.74) is 8.43. The van der Waals surface area contributed by atoms with E-state index < -0.39 is 36.2 Å². The number of aromatic amines is 2. The molecule has 0 aliphatic carbocycles. The number of aliphatic carboxylic acids is 2. The lowest BCUT2D eigenvalue weighted by molar-refractivity contribution is -0.140. The molecule has 0 fully saturated rings. The highest BCUT2D eigenvalue weighted by atomic mass is 16.6. The number of aromatic nitrogens is 2. The molecule has 3 aromatic heterocycles. The van der Waals surface area contributed by atoms with Crippen molar-refractivity contribution in [1.82, 2.24) is 20.6 Å². The molecular formula is C53H46N4O10. The molecule has 0 spiro atoms. The third-order valence-corrected chi connectivity index (χ3v) is 10.9. The molecule has 6 aromatic carbocycles. The number of amides is 2. The van der Waals surface area contributed by atoms with Gasteiger partial charge in [0.1, 0.15) is 42.4 Å². The van der Waals surface area contributed by atoms with E-state index in [9.17, 15) is 29.4 Å². The zero-order valence-corrected chi connectivity index (χ0v) is 36.0. The van der Waals surface area contributed by atoms with Crippen LogP contribution >= 0.6 is 0 Å². The molecule has 14 nitrogen and oxygen atoms in total. The van der Waals surface area contributed by atoms with Crippen molar-refractivity contribution in [3.8, 4) is 16.9 Å². The molecule has 0 bridgehead atoms. The van der Waals surface area contributed by atoms with Crippen molar-refractivity contribution < 1.29 is 48.0 Å². The van der Waals surface area contributed by atoms with Crippen LogP contribution in [-0.4, -0.2) is 56.4 Å². The minimum atomic E-state index is -1.13. The molecule has 0 aliphatic rings. The lowest BCUT2D eigenvalue weighted by Gasteiger charge is -2.15. The highest BCUT2D eigenvalue weighted by Crippen LogP contribution is 2.32. The Morgan fingerprint density at radius 1 is 0.552 bits per heavy atom. The number of rotatable bonds is 16. The Balaban J connectivity index is 0.000000182. The zero-order valence-electron chi connectivity index (χ0n) is 36.0. The smallest absolute Gasteiger partial charge is 0.408 e. The molecule has 6 N–H and O–H groups in total. The van der Waals surface area contributed by atoms with E-state index in [0.717, 1.165) is 60.6 Å². The van der Waals surface area contributed by atoms with Gasteiger partial charge in [-0.3, -0.25) is 0 Å². The highest BCUT2D eigenvalue weighted by molar-refractivity contribution is 5.97. The second-order valence-corrected chi connectivity index (χ2v) is 15.6. The minimum Gasteiger partial charge on any atom is -0.489 e. The quantitative estimate of drug-likeness (QED) is 0.0541. The average Bonchev–Trinajstić information content (AvgIpc) is 4.13. The second kappa shape index (κ2) is 21.3. The fourth-order valence-corrected chi connectivity index (χ4v) is 7.55. The number of fused-ring (bicyclic) bond motifs is 3. The first kappa shape index (κ1) is 44.8. The standard InChI is InChI=1S/C27H22N2O5.C26H24N2O5/c30-26(31)24(13-17-5-2-1-3-6-17)29-27(32)33-16-20-15-19-14-18(9-10-25(19)34-20)21-7-4-8-23-22(21)11-12-28-23;29-25(30)24(15-18-5-2-1-3-6-18)28-26(31)33-16-19-9-11-21(12-10-19)32-17-20-7-4-8-23-22(20)13-14-27-23/h1-12,14-15,24,28H,13,16H2,(H,29,32)(H,30,31);1-14,24,27H,15-17H2,(H,28,31)(H,29,30). The molecule has 9 aromatic rings. The van der Waals surface area contributed by atoms with Crippen molar-refractivity contribution in [2.75, 3.05) is 0 Å². The van der Waals surface area contributed by atoms with Crippen LogP contribution in [0.15, 0.2) is 175 Å². The fourth-order valence-electron chi connectivity index (χ4n) is 7.55. The van der Waals surface area contributed by atoms with Crippen LogP contribution in [0, 0.1) is 0 Å². The van der Waals surface area contributed by atoms with Crippen LogP contribution in [-0.2, 0) is 51.7 Å². The van der Waals surface area contributed by atoms with Gasteiger partial charge in [-0.25, -0.2) is 19.2 Å². The Morgan fingerprint density at radius 2 is 1.13 bits per heavy atom. The Hall–Kier alpha value is -8.78. The number of benzene rings is 6. The molecule has 0 aliphatic heterocycles. The van der Waals surface area contributed by atoms with E-state index in [2.05, 4.69) is 26.7 Å². The molecule has 9 rings (SSSR count). The van der Waals surface area contributed by atoms with Crippen LogP contribution < -0.4 is 15.4 Å². The average molecular weight is 899 g/mol. The predicted octanol–water partition coefficient (Wildman–Crippen LogP) is 10.2. The van der Waals surface area contributed by atoms with Crippen molar-refractivity contribution in [3.63, 3.8) is 0 Å². The summed E-state index contributed by atoms with van der Waals surface area (Å²) in [4.78, 5) is 53.8. The van der Waals surface area contributed by atoms with Gasteiger partial charge in [-0.15, -0.1) is 0 Å². The van der Waals surface area contributed by atoms with Crippen LogP contribution in [0.2, 0.25) is 0 Å². The van der Waals surface area contributed by atoms with Crippen LogP contribution in [0.5, 0.6) is 5.75 Å². The SMILES string of the molecule is O=C(NC(Cc1ccccc1)C(=O)O)OCc1cc2cc(-c3cccc4[nH]ccc34)ccc2o1.O=C(NC(Cc1ccccc1)C(=O)O)OCc1ccc(OCc2cccc3[nH]ccc23)cc1. The molecule has 14 heteroatoms. The molecule has 338 valence electrons. The van der Waals surface area contributed by atoms with Crippen molar-refractivity contribution in [2.24, 2.45) is 0 Å². The molecule has 2 amide bonds. The van der Waals surface area contributed by atoms with Gasteiger partial charge in [-0.1, -0.05) is 103 Å². The predicted molar refractivity (Wildman–Crippen MR) is 252 cm³/mol. The van der Waals surface area contributed by atoms with Crippen molar-refractivity contribution in [2.45, 2.75) is 44.7 Å². The van der Waals surface area contributed by atoms with Gasteiger partial charge < -0.3 is 49.4 Å². The molecular weight excluding hydrogens is 853 g/mol. The van der Waals surface area contributed by atoms with Crippen molar-refractivity contribution in [3.05, 3.63) is 198 Å². The van der Waals surface area contributed by atoms with E-state index in [0.29, 0.717) is 23.7 Å². The number of carboxylic acids is 2. The van der Waals surface area contributed by atoms with E-state index >= 15 is 0 Å². The molecule has 2 atom stereocenters. The van der Waals surface area contributed by atoms with Gasteiger partial charge in [0.15, 0.2) is 6.61 Å². The number of hydrogen-bond acceptors (Lipinski definition) is 8. The first-order valence-corrected chi connectivity index (χ1v) is 21.4. The van der Waals surface area contributed by atoms with Gasteiger partial charge in [0.2, 0.25) is 0 Å². The number of hydrogen-bond donors (Lipinski definition) is 6. The normalized spacial score (nSPS) is 11.8. The summed E-state index contributed by atoms with van der Waals surface area (Å²) in [5.74, 6) is -1.08. The van der Waals surface area contributed by atoms with Crippen LogP contribution in [0.1, 0.15) is 28.0 Å². The number of carboxylic acid groups (broad SMARTS) is 2. The van der Waals surface area contributed by atoms with Gasteiger partial charge >= 0.3 is 24.1 Å². The van der Waals surface area contributed by atoms with Crippen molar-refractivity contribution in [1.29, 1.82) is 0 Å². The first-order valence-electron chi connectivity index (χ1n) is 21.4. The largest absolute Gasteiger partial charge is 0.489 e. The monoisotopic (exact) mass is 898 g/mol. The molecule has 0 saturated heterocycles. The maximum atomic E-state index is 12.2. The topological polar surface area (TPSA) is 205 Å². The molecule has 67 heavy (non-hydrogen) atoms. The zero-order chi connectivity index (χ0) is 46.5. The third-order valence-electron chi connectivity index (χ3n) is 10.9.